The highest BCUT2D eigenvalue weighted by atomic mass is 127. The first kappa shape index (κ1) is 8.35. The molecule has 64 valence electrons. The molecule has 0 saturated heterocycles. The van der Waals surface area contributed by atoms with E-state index in [4.69, 9.17) is 4.74 Å². The van der Waals surface area contributed by atoms with Crippen molar-refractivity contribution >= 4 is 22.6 Å². The average Bonchev–Trinajstić information content (AvgIpc) is 2.12. The Labute approximate surface area is 86.3 Å². The van der Waals surface area contributed by atoms with Crippen LogP contribution in [0, 0.1) is 10.5 Å². The predicted molar refractivity (Wildman–Crippen MR) is 57.7 cm³/mol. The molecule has 0 spiro atoms. The molecule has 2 rings (SSSR count). The highest BCUT2D eigenvalue weighted by Gasteiger charge is 2.13. The topological polar surface area (TPSA) is 9.23 Å². The fraction of sp³-hybridized carbons (Fsp3) is 0.400. The largest absolute Gasteiger partial charge is 0.493 e. The minimum Gasteiger partial charge on any atom is -0.493 e. The molecule has 0 atom stereocenters. The van der Waals surface area contributed by atoms with Crippen LogP contribution in [0.15, 0.2) is 12.1 Å². The van der Waals surface area contributed by atoms with Gasteiger partial charge in [-0.3, -0.25) is 0 Å². The second kappa shape index (κ2) is 3.24. The minimum absolute atomic E-state index is 0.882. The molecule has 0 bridgehead atoms. The second-order valence-corrected chi connectivity index (χ2v) is 4.26. The Kier molecular flexibility index (Phi) is 2.26. The average molecular weight is 274 g/mol. The van der Waals surface area contributed by atoms with E-state index in [1.54, 1.807) is 0 Å². The SMILES string of the molecule is Cc1c(I)ccc2c1CCCO2. The Morgan fingerprint density at radius 3 is 3.08 bits per heavy atom. The Balaban J connectivity index is 2.54. The van der Waals surface area contributed by atoms with Gasteiger partial charge >= 0.3 is 0 Å². The lowest BCUT2D eigenvalue weighted by Crippen LogP contribution is -2.10. The van der Waals surface area contributed by atoms with E-state index in [0.717, 1.165) is 18.8 Å². The monoisotopic (exact) mass is 274 g/mol. The van der Waals surface area contributed by atoms with Gasteiger partial charge in [0.05, 0.1) is 6.61 Å². The molecule has 0 amide bonds. The van der Waals surface area contributed by atoms with Crippen LogP contribution in [0.5, 0.6) is 5.75 Å². The van der Waals surface area contributed by atoms with Crippen molar-refractivity contribution in [2.75, 3.05) is 6.61 Å². The number of fused-ring (bicyclic) bond motifs is 1. The lowest BCUT2D eigenvalue weighted by Gasteiger charge is -2.19. The number of rotatable bonds is 0. The van der Waals surface area contributed by atoms with E-state index in [0.29, 0.717) is 0 Å². The molecule has 0 radical (unpaired) electrons. The molecule has 0 saturated carbocycles. The van der Waals surface area contributed by atoms with E-state index in [1.807, 2.05) is 0 Å². The molecule has 0 N–H and O–H groups in total. The molecule has 0 aliphatic carbocycles. The van der Waals surface area contributed by atoms with E-state index >= 15 is 0 Å². The van der Waals surface area contributed by atoms with Gasteiger partial charge < -0.3 is 4.74 Å². The molecule has 0 fully saturated rings. The first-order chi connectivity index (χ1) is 5.79. The lowest BCUT2D eigenvalue weighted by molar-refractivity contribution is 0.287. The van der Waals surface area contributed by atoms with Crippen LogP contribution in [0.3, 0.4) is 0 Å². The highest BCUT2D eigenvalue weighted by molar-refractivity contribution is 14.1. The Bertz CT molecular complexity index is 307. The van der Waals surface area contributed by atoms with E-state index in [2.05, 4.69) is 41.6 Å². The van der Waals surface area contributed by atoms with Gasteiger partial charge in [-0.15, -0.1) is 0 Å². The van der Waals surface area contributed by atoms with Crippen molar-refractivity contribution in [3.63, 3.8) is 0 Å². The smallest absolute Gasteiger partial charge is 0.122 e. The minimum atomic E-state index is 0.882. The van der Waals surface area contributed by atoms with Gasteiger partial charge in [-0.1, -0.05) is 0 Å². The predicted octanol–water partition coefficient (Wildman–Crippen LogP) is 2.92. The summed E-state index contributed by atoms with van der Waals surface area (Å²) >= 11 is 2.37. The Hall–Kier alpha value is -0.250. The number of halogens is 1. The quantitative estimate of drug-likeness (QED) is 0.661. The first-order valence-electron chi connectivity index (χ1n) is 4.20. The molecular formula is C10H11IO. The lowest BCUT2D eigenvalue weighted by atomic mass is 10.0. The van der Waals surface area contributed by atoms with Crippen LogP contribution < -0.4 is 4.74 Å². The maximum atomic E-state index is 5.56. The summed E-state index contributed by atoms with van der Waals surface area (Å²) in [6, 6.07) is 4.21. The zero-order chi connectivity index (χ0) is 8.55. The van der Waals surface area contributed by atoms with Gasteiger partial charge in [-0.05, 0) is 65.6 Å². The molecule has 12 heavy (non-hydrogen) atoms. The molecule has 2 heteroatoms. The van der Waals surface area contributed by atoms with Crippen molar-refractivity contribution in [1.29, 1.82) is 0 Å². The maximum Gasteiger partial charge on any atom is 0.122 e. The Morgan fingerprint density at radius 2 is 2.25 bits per heavy atom. The van der Waals surface area contributed by atoms with E-state index in [9.17, 15) is 0 Å². The third-order valence-electron chi connectivity index (χ3n) is 2.32. The van der Waals surface area contributed by atoms with Crippen LogP contribution in [-0.4, -0.2) is 6.61 Å². The van der Waals surface area contributed by atoms with Crippen LogP contribution in [0.25, 0.3) is 0 Å². The molecule has 1 heterocycles. The van der Waals surface area contributed by atoms with Crippen molar-refractivity contribution in [1.82, 2.24) is 0 Å². The summed E-state index contributed by atoms with van der Waals surface area (Å²) in [6.45, 7) is 3.06. The molecule has 1 aliphatic rings. The van der Waals surface area contributed by atoms with Crippen molar-refractivity contribution in [2.45, 2.75) is 19.8 Å². The van der Waals surface area contributed by atoms with Gasteiger partial charge in [0.15, 0.2) is 0 Å². The summed E-state index contributed by atoms with van der Waals surface area (Å²) in [5, 5.41) is 0. The molecular weight excluding hydrogens is 263 g/mol. The van der Waals surface area contributed by atoms with Crippen LogP contribution >= 0.6 is 22.6 Å². The van der Waals surface area contributed by atoms with Crippen molar-refractivity contribution in [2.24, 2.45) is 0 Å². The first-order valence-corrected chi connectivity index (χ1v) is 5.27. The summed E-state index contributed by atoms with van der Waals surface area (Å²) in [5.41, 5.74) is 2.81. The summed E-state index contributed by atoms with van der Waals surface area (Å²) in [7, 11) is 0. The summed E-state index contributed by atoms with van der Waals surface area (Å²) in [5.74, 6) is 1.10. The third-order valence-corrected chi connectivity index (χ3v) is 3.49. The molecule has 0 unspecified atom stereocenters. The standard InChI is InChI=1S/C10H11IO/c1-7-8-3-2-6-12-10(8)5-4-9(7)11/h4-5H,2-3,6H2,1H3. The number of hydrogen-bond acceptors (Lipinski definition) is 1. The number of benzene rings is 1. The summed E-state index contributed by atoms with van der Waals surface area (Å²) in [4.78, 5) is 0. The molecule has 1 aromatic rings. The third kappa shape index (κ3) is 1.32. The van der Waals surface area contributed by atoms with Gasteiger partial charge in [0.1, 0.15) is 5.75 Å². The summed E-state index contributed by atoms with van der Waals surface area (Å²) in [6.07, 6.45) is 2.34. The van der Waals surface area contributed by atoms with Gasteiger partial charge in [0.25, 0.3) is 0 Å². The van der Waals surface area contributed by atoms with Gasteiger partial charge in [-0.2, -0.15) is 0 Å². The van der Waals surface area contributed by atoms with Crippen LogP contribution in [0.2, 0.25) is 0 Å². The fourth-order valence-corrected chi connectivity index (χ4v) is 2.09. The van der Waals surface area contributed by atoms with E-state index in [-0.39, 0.29) is 0 Å². The van der Waals surface area contributed by atoms with E-state index in [1.165, 1.54) is 21.1 Å². The van der Waals surface area contributed by atoms with Crippen molar-refractivity contribution < 1.29 is 4.74 Å². The summed E-state index contributed by atoms with van der Waals surface area (Å²) < 4.78 is 6.90. The van der Waals surface area contributed by atoms with Crippen molar-refractivity contribution in [3.05, 3.63) is 26.8 Å². The van der Waals surface area contributed by atoms with E-state index < -0.39 is 0 Å². The van der Waals surface area contributed by atoms with Crippen LogP contribution in [-0.2, 0) is 6.42 Å². The maximum absolute atomic E-state index is 5.56. The number of hydrogen-bond donors (Lipinski definition) is 0. The zero-order valence-corrected chi connectivity index (χ0v) is 9.22. The zero-order valence-electron chi connectivity index (χ0n) is 7.06. The number of ether oxygens (including phenoxy) is 1. The fourth-order valence-electron chi connectivity index (χ4n) is 1.58. The molecule has 1 nitrogen and oxygen atoms in total. The van der Waals surface area contributed by atoms with Gasteiger partial charge in [0, 0.05) is 3.57 Å². The Morgan fingerprint density at radius 1 is 1.42 bits per heavy atom. The molecule has 1 aliphatic heterocycles. The second-order valence-electron chi connectivity index (χ2n) is 3.10. The normalized spacial score (nSPS) is 15.2. The van der Waals surface area contributed by atoms with Crippen LogP contribution in [0.1, 0.15) is 17.5 Å². The van der Waals surface area contributed by atoms with Gasteiger partial charge in [-0.25, -0.2) is 0 Å². The van der Waals surface area contributed by atoms with Crippen LogP contribution in [0.4, 0.5) is 0 Å². The van der Waals surface area contributed by atoms with Gasteiger partial charge in [0.2, 0.25) is 0 Å². The molecule has 0 aromatic heterocycles. The van der Waals surface area contributed by atoms with Crippen molar-refractivity contribution in [3.8, 4) is 5.75 Å². The molecule has 1 aromatic carbocycles. The highest BCUT2D eigenvalue weighted by Crippen LogP contribution is 2.30.